The Hall–Kier alpha value is -4.67. The number of methoxy groups -OCH3 is 1. The number of aromatic nitrogens is 1. The average Bonchev–Trinajstić information content (AvgIpc) is 3.54. The fourth-order valence-electron chi connectivity index (χ4n) is 6.54. The summed E-state index contributed by atoms with van der Waals surface area (Å²) in [5, 5.41) is 4.01. The van der Waals surface area contributed by atoms with E-state index in [0.717, 1.165) is 40.8 Å². The van der Waals surface area contributed by atoms with Crippen molar-refractivity contribution in [1.29, 1.82) is 0 Å². The lowest BCUT2D eigenvalue weighted by atomic mass is 9.89. The van der Waals surface area contributed by atoms with Crippen molar-refractivity contribution >= 4 is 34.4 Å². The standard InChI is InChI=1S/C33H33N5O5/c1-42-22-12-10-21(11-13-22)30-29-25(23-6-2-4-8-26(23)35-29)20-28-32(40)38(33(41)37(28)30)27-9-5-3-7-24(27)31(39)34-14-15-36-16-18-43-19-17-36/h2-13,28,30,35H,14-20H2,1H3,(H,34,39)/t28-,30-/m0/s1. The molecule has 43 heavy (non-hydrogen) atoms. The molecule has 3 aliphatic rings. The van der Waals surface area contributed by atoms with Gasteiger partial charge in [-0.1, -0.05) is 42.5 Å². The molecule has 0 aliphatic carbocycles. The topological polar surface area (TPSA) is 107 Å². The number of hydrogen-bond donors (Lipinski definition) is 2. The molecular formula is C33H33N5O5. The summed E-state index contributed by atoms with van der Waals surface area (Å²) in [6.07, 6.45) is 0.376. The first-order chi connectivity index (χ1) is 21.0. The molecule has 0 unspecified atom stereocenters. The van der Waals surface area contributed by atoms with Gasteiger partial charge in [0.1, 0.15) is 17.8 Å². The average molecular weight is 580 g/mol. The van der Waals surface area contributed by atoms with Crippen molar-refractivity contribution in [3.05, 3.63) is 95.2 Å². The van der Waals surface area contributed by atoms with Crippen molar-refractivity contribution in [3.8, 4) is 5.75 Å². The lowest BCUT2D eigenvalue weighted by Gasteiger charge is -2.36. The van der Waals surface area contributed by atoms with E-state index in [1.807, 2.05) is 48.5 Å². The van der Waals surface area contributed by atoms with E-state index in [9.17, 15) is 14.4 Å². The Bertz CT molecular complexity index is 1690. The third kappa shape index (κ3) is 4.72. The van der Waals surface area contributed by atoms with Crippen molar-refractivity contribution in [2.45, 2.75) is 18.5 Å². The smallest absolute Gasteiger partial charge is 0.332 e. The van der Waals surface area contributed by atoms with Crippen LogP contribution in [0.4, 0.5) is 10.5 Å². The zero-order valence-electron chi connectivity index (χ0n) is 23.9. The van der Waals surface area contributed by atoms with Crippen LogP contribution in [0.3, 0.4) is 0 Å². The molecule has 2 fully saturated rings. The van der Waals surface area contributed by atoms with Gasteiger partial charge in [-0.2, -0.15) is 0 Å². The number of nitrogens with zero attached hydrogens (tertiary/aromatic N) is 3. The fraction of sp³-hybridized carbons (Fsp3) is 0.303. The Morgan fingerprint density at radius 2 is 1.74 bits per heavy atom. The Balaban J connectivity index is 1.23. The molecule has 10 heteroatoms. The third-order valence-electron chi connectivity index (χ3n) is 8.69. The minimum Gasteiger partial charge on any atom is -0.497 e. The van der Waals surface area contributed by atoms with Gasteiger partial charge in [0.25, 0.3) is 11.8 Å². The molecule has 2 saturated heterocycles. The summed E-state index contributed by atoms with van der Waals surface area (Å²) in [5.74, 6) is 0.0391. The predicted molar refractivity (Wildman–Crippen MR) is 161 cm³/mol. The Morgan fingerprint density at radius 3 is 2.53 bits per heavy atom. The number of urea groups is 1. The summed E-state index contributed by atoms with van der Waals surface area (Å²) >= 11 is 0. The van der Waals surface area contributed by atoms with E-state index in [0.29, 0.717) is 38.5 Å². The number of anilines is 1. The van der Waals surface area contributed by atoms with E-state index in [1.54, 1.807) is 36.3 Å². The molecule has 3 aromatic carbocycles. The quantitative estimate of drug-likeness (QED) is 0.323. The van der Waals surface area contributed by atoms with Crippen LogP contribution in [0.2, 0.25) is 0 Å². The molecule has 0 bridgehead atoms. The minimum absolute atomic E-state index is 0.288. The van der Waals surface area contributed by atoms with Crippen LogP contribution in [0.5, 0.6) is 5.75 Å². The highest BCUT2D eigenvalue weighted by atomic mass is 16.5. The SMILES string of the molecule is COc1ccc([C@H]2c3[nH]c4ccccc4c3C[C@H]3C(=O)N(c4ccccc4C(=O)NCCN4CCOCC4)C(=O)N23)cc1. The number of morpholine rings is 1. The number of benzene rings is 3. The van der Waals surface area contributed by atoms with Crippen LogP contribution in [0.1, 0.15) is 33.2 Å². The highest BCUT2D eigenvalue weighted by Crippen LogP contribution is 2.45. The monoisotopic (exact) mass is 579 g/mol. The minimum atomic E-state index is -0.719. The van der Waals surface area contributed by atoms with Crippen molar-refractivity contribution in [2.75, 3.05) is 51.4 Å². The van der Waals surface area contributed by atoms with E-state index in [2.05, 4.69) is 15.2 Å². The molecule has 0 radical (unpaired) electrons. The number of aromatic amines is 1. The molecule has 1 aromatic heterocycles. The van der Waals surface area contributed by atoms with E-state index in [-0.39, 0.29) is 23.1 Å². The first kappa shape index (κ1) is 27.2. The summed E-state index contributed by atoms with van der Waals surface area (Å²) in [4.78, 5) is 50.5. The molecule has 2 atom stereocenters. The van der Waals surface area contributed by atoms with Crippen molar-refractivity contribution in [3.63, 3.8) is 0 Å². The number of para-hydroxylation sites is 2. The summed E-state index contributed by atoms with van der Waals surface area (Å²) in [6.45, 7) is 4.17. The largest absolute Gasteiger partial charge is 0.497 e. The van der Waals surface area contributed by atoms with E-state index in [4.69, 9.17) is 9.47 Å². The third-order valence-corrected chi connectivity index (χ3v) is 8.69. The number of imide groups is 1. The number of carbonyl (C=O) groups excluding carboxylic acids is 3. The molecule has 220 valence electrons. The van der Waals surface area contributed by atoms with Gasteiger partial charge in [0.15, 0.2) is 0 Å². The van der Waals surface area contributed by atoms with Crippen LogP contribution >= 0.6 is 0 Å². The van der Waals surface area contributed by atoms with Crippen LogP contribution in [0, 0.1) is 0 Å². The molecule has 0 saturated carbocycles. The molecular weight excluding hydrogens is 546 g/mol. The fourth-order valence-corrected chi connectivity index (χ4v) is 6.54. The number of fused-ring (bicyclic) bond motifs is 4. The number of carbonyl (C=O) groups is 3. The van der Waals surface area contributed by atoms with Crippen molar-refractivity contribution in [2.24, 2.45) is 0 Å². The van der Waals surface area contributed by atoms with Gasteiger partial charge in [0.05, 0.1) is 31.6 Å². The van der Waals surface area contributed by atoms with Crippen LogP contribution < -0.4 is 15.0 Å². The van der Waals surface area contributed by atoms with Gasteiger partial charge in [-0.05, 0) is 41.5 Å². The number of amides is 4. The van der Waals surface area contributed by atoms with Gasteiger partial charge < -0.3 is 19.8 Å². The van der Waals surface area contributed by atoms with Crippen molar-refractivity contribution < 1.29 is 23.9 Å². The summed E-state index contributed by atoms with van der Waals surface area (Å²) in [5.41, 5.74) is 4.31. The summed E-state index contributed by atoms with van der Waals surface area (Å²) < 4.78 is 10.8. The Morgan fingerprint density at radius 1 is 1.00 bits per heavy atom. The molecule has 2 N–H and O–H groups in total. The maximum absolute atomic E-state index is 14.3. The molecule has 7 rings (SSSR count). The molecule has 4 amide bonds. The van der Waals surface area contributed by atoms with Gasteiger partial charge in [0.2, 0.25) is 0 Å². The summed E-state index contributed by atoms with van der Waals surface area (Å²) in [6, 6.07) is 20.7. The second-order valence-corrected chi connectivity index (χ2v) is 11.0. The molecule has 0 spiro atoms. The van der Waals surface area contributed by atoms with Gasteiger partial charge in [-0.15, -0.1) is 0 Å². The van der Waals surface area contributed by atoms with E-state index >= 15 is 0 Å². The van der Waals surface area contributed by atoms with Gasteiger partial charge in [0, 0.05) is 49.2 Å². The molecule has 4 aromatic rings. The number of nitrogens with one attached hydrogen (secondary N) is 2. The normalized spacial score (nSPS) is 20.3. The Labute approximate surface area is 249 Å². The second kappa shape index (κ2) is 11.2. The summed E-state index contributed by atoms with van der Waals surface area (Å²) in [7, 11) is 1.61. The second-order valence-electron chi connectivity index (χ2n) is 11.0. The van der Waals surface area contributed by atoms with Gasteiger partial charge >= 0.3 is 6.03 Å². The number of ether oxygens (including phenoxy) is 2. The lowest BCUT2D eigenvalue weighted by molar-refractivity contribution is -0.120. The molecule has 10 nitrogen and oxygen atoms in total. The highest BCUT2D eigenvalue weighted by molar-refractivity contribution is 6.24. The van der Waals surface area contributed by atoms with Crippen LogP contribution in [0.25, 0.3) is 10.9 Å². The zero-order valence-corrected chi connectivity index (χ0v) is 23.9. The number of hydrogen-bond acceptors (Lipinski definition) is 6. The van der Waals surface area contributed by atoms with Crippen LogP contribution in [-0.2, 0) is 16.0 Å². The van der Waals surface area contributed by atoms with Crippen molar-refractivity contribution in [1.82, 2.24) is 20.1 Å². The van der Waals surface area contributed by atoms with E-state index < -0.39 is 18.1 Å². The van der Waals surface area contributed by atoms with Crippen LogP contribution in [0.15, 0.2) is 72.8 Å². The molecule has 3 aliphatic heterocycles. The Kier molecular flexibility index (Phi) is 7.08. The van der Waals surface area contributed by atoms with Gasteiger partial charge in [-0.25, -0.2) is 9.69 Å². The van der Waals surface area contributed by atoms with Gasteiger partial charge in [-0.3, -0.25) is 19.4 Å². The zero-order chi connectivity index (χ0) is 29.5. The lowest BCUT2D eigenvalue weighted by Crippen LogP contribution is -2.44. The maximum atomic E-state index is 14.3. The van der Waals surface area contributed by atoms with E-state index in [1.165, 1.54) is 4.90 Å². The maximum Gasteiger partial charge on any atom is 0.332 e. The number of rotatable bonds is 7. The molecule has 4 heterocycles. The first-order valence-corrected chi connectivity index (χ1v) is 14.6. The first-order valence-electron chi connectivity index (χ1n) is 14.6. The number of H-pyrrole nitrogens is 1. The highest BCUT2D eigenvalue weighted by Gasteiger charge is 2.53. The van der Waals surface area contributed by atoms with Crippen LogP contribution in [-0.4, -0.2) is 85.2 Å². The predicted octanol–water partition coefficient (Wildman–Crippen LogP) is 3.72.